The summed E-state index contributed by atoms with van der Waals surface area (Å²) in [6.45, 7) is 1.80. The smallest absolute Gasteiger partial charge is 0.274 e. The minimum absolute atomic E-state index is 0.0508. The van der Waals surface area contributed by atoms with Gasteiger partial charge in [-0.05, 0) is 25.1 Å². The van der Waals surface area contributed by atoms with Crippen LogP contribution in [-0.2, 0) is 4.79 Å². The average molecular weight is 327 g/mol. The largest absolute Gasteiger partial charge is 0.352 e. The van der Waals surface area contributed by atoms with Crippen molar-refractivity contribution in [2.45, 2.75) is 13.3 Å². The summed E-state index contributed by atoms with van der Waals surface area (Å²) in [5.41, 5.74) is 1.34. The molecule has 0 saturated carbocycles. The Morgan fingerprint density at radius 3 is 2.50 bits per heavy atom. The fourth-order valence-corrected chi connectivity index (χ4v) is 2.09. The fourth-order valence-electron chi connectivity index (χ4n) is 2.09. The molecule has 2 aromatic carbocycles. The minimum atomic E-state index is -0.495. The van der Waals surface area contributed by atoms with E-state index < -0.39 is 4.92 Å². The van der Waals surface area contributed by atoms with Gasteiger partial charge in [0.15, 0.2) is 0 Å². The molecular weight excluding hydrogens is 310 g/mol. The molecule has 0 heterocycles. The zero-order valence-corrected chi connectivity index (χ0v) is 13.1. The van der Waals surface area contributed by atoms with Crippen LogP contribution in [0.2, 0.25) is 0 Å². The number of benzene rings is 2. The summed E-state index contributed by atoms with van der Waals surface area (Å²) in [6.07, 6.45) is 0.0697. The normalized spacial score (nSPS) is 10.0. The van der Waals surface area contributed by atoms with E-state index >= 15 is 0 Å². The first-order chi connectivity index (χ1) is 11.5. The van der Waals surface area contributed by atoms with E-state index in [0.29, 0.717) is 16.8 Å². The second-order valence-corrected chi connectivity index (χ2v) is 5.18. The van der Waals surface area contributed by atoms with E-state index in [1.54, 1.807) is 43.3 Å². The molecule has 0 spiro atoms. The number of nitro groups is 1. The van der Waals surface area contributed by atoms with Gasteiger partial charge >= 0.3 is 0 Å². The number of amides is 2. The third-order valence-electron chi connectivity index (χ3n) is 3.36. The van der Waals surface area contributed by atoms with Gasteiger partial charge in [-0.15, -0.1) is 0 Å². The number of nitro benzene ring substituents is 1. The number of anilines is 1. The van der Waals surface area contributed by atoms with Gasteiger partial charge in [0.25, 0.3) is 11.6 Å². The van der Waals surface area contributed by atoms with Crippen molar-refractivity contribution in [2.75, 3.05) is 11.9 Å². The lowest BCUT2D eigenvalue weighted by atomic mass is 10.2. The van der Waals surface area contributed by atoms with Crippen LogP contribution < -0.4 is 10.6 Å². The average Bonchev–Trinajstić information content (AvgIpc) is 2.57. The second-order valence-electron chi connectivity index (χ2n) is 5.18. The van der Waals surface area contributed by atoms with E-state index in [0.717, 1.165) is 0 Å². The van der Waals surface area contributed by atoms with Gasteiger partial charge in [-0.1, -0.05) is 24.3 Å². The van der Waals surface area contributed by atoms with E-state index in [-0.39, 0.29) is 30.5 Å². The third-order valence-corrected chi connectivity index (χ3v) is 3.36. The van der Waals surface area contributed by atoms with Crippen LogP contribution in [0.3, 0.4) is 0 Å². The molecule has 0 aromatic heterocycles. The van der Waals surface area contributed by atoms with E-state index in [4.69, 9.17) is 0 Å². The van der Waals surface area contributed by atoms with Crippen molar-refractivity contribution < 1.29 is 14.5 Å². The van der Waals surface area contributed by atoms with Gasteiger partial charge in [0.1, 0.15) is 0 Å². The number of nitrogens with zero attached hydrogens (tertiary/aromatic N) is 1. The van der Waals surface area contributed by atoms with Crippen LogP contribution >= 0.6 is 0 Å². The molecule has 0 aliphatic carbocycles. The molecule has 124 valence electrons. The van der Waals surface area contributed by atoms with Crippen molar-refractivity contribution in [2.24, 2.45) is 0 Å². The van der Waals surface area contributed by atoms with E-state index in [1.807, 2.05) is 6.07 Å². The predicted molar refractivity (Wildman–Crippen MR) is 89.9 cm³/mol. The number of carbonyl (C=O) groups is 2. The first-order valence-corrected chi connectivity index (χ1v) is 7.35. The molecule has 0 radical (unpaired) electrons. The van der Waals surface area contributed by atoms with Gasteiger partial charge in [0, 0.05) is 35.8 Å². The summed E-state index contributed by atoms with van der Waals surface area (Å²) in [6, 6.07) is 13.2. The van der Waals surface area contributed by atoms with Gasteiger partial charge in [-0.3, -0.25) is 19.7 Å². The van der Waals surface area contributed by atoms with Gasteiger partial charge in [0.05, 0.1) is 4.92 Å². The molecule has 0 unspecified atom stereocenters. The number of carbonyl (C=O) groups excluding carboxylic acids is 2. The molecule has 0 aliphatic rings. The lowest BCUT2D eigenvalue weighted by Gasteiger charge is -2.07. The second kappa shape index (κ2) is 7.87. The molecule has 2 N–H and O–H groups in total. The van der Waals surface area contributed by atoms with Crippen LogP contribution in [0, 0.1) is 17.0 Å². The molecule has 2 amide bonds. The number of hydrogen-bond acceptors (Lipinski definition) is 4. The molecule has 2 aromatic rings. The molecule has 0 bridgehead atoms. The summed E-state index contributed by atoms with van der Waals surface area (Å²) in [5, 5.41) is 16.1. The molecule has 0 atom stereocenters. The van der Waals surface area contributed by atoms with Crippen LogP contribution in [0.5, 0.6) is 0 Å². The van der Waals surface area contributed by atoms with Crippen molar-refractivity contribution >= 4 is 23.2 Å². The number of hydrogen-bond donors (Lipinski definition) is 2. The number of rotatable bonds is 6. The topological polar surface area (TPSA) is 101 Å². The van der Waals surface area contributed by atoms with E-state index in [9.17, 15) is 19.7 Å². The summed E-state index contributed by atoms with van der Waals surface area (Å²) < 4.78 is 0. The van der Waals surface area contributed by atoms with Crippen molar-refractivity contribution in [3.05, 3.63) is 69.8 Å². The van der Waals surface area contributed by atoms with Crippen molar-refractivity contribution in [3.8, 4) is 0 Å². The van der Waals surface area contributed by atoms with Crippen LogP contribution in [0.15, 0.2) is 48.5 Å². The minimum Gasteiger partial charge on any atom is -0.352 e. The Hall–Kier alpha value is -3.22. The Kier molecular flexibility index (Phi) is 5.62. The van der Waals surface area contributed by atoms with Gasteiger partial charge < -0.3 is 10.6 Å². The van der Waals surface area contributed by atoms with E-state index in [1.165, 1.54) is 6.07 Å². The molecule has 0 aliphatic heterocycles. The summed E-state index contributed by atoms with van der Waals surface area (Å²) in [7, 11) is 0. The summed E-state index contributed by atoms with van der Waals surface area (Å²) in [4.78, 5) is 34.1. The maximum Gasteiger partial charge on any atom is 0.274 e. The fraction of sp³-hybridized carbons (Fsp3) is 0.176. The van der Waals surface area contributed by atoms with Crippen LogP contribution in [0.25, 0.3) is 0 Å². The van der Waals surface area contributed by atoms with Crippen molar-refractivity contribution in [1.29, 1.82) is 0 Å². The maximum absolute atomic E-state index is 11.9. The lowest BCUT2D eigenvalue weighted by molar-refractivity contribution is -0.385. The molecule has 0 saturated heterocycles. The van der Waals surface area contributed by atoms with Crippen LogP contribution in [0.1, 0.15) is 22.3 Å². The quantitative estimate of drug-likeness (QED) is 0.629. The zero-order valence-electron chi connectivity index (χ0n) is 13.1. The highest BCUT2D eigenvalue weighted by Gasteiger charge is 2.12. The van der Waals surface area contributed by atoms with Crippen LogP contribution in [-0.4, -0.2) is 23.3 Å². The molecule has 7 heteroatoms. The van der Waals surface area contributed by atoms with Crippen molar-refractivity contribution in [3.63, 3.8) is 0 Å². The number of nitrogens with one attached hydrogen (secondary N) is 2. The Morgan fingerprint density at radius 1 is 1.12 bits per heavy atom. The lowest BCUT2D eigenvalue weighted by Crippen LogP contribution is -2.27. The highest BCUT2D eigenvalue weighted by molar-refractivity contribution is 5.95. The highest BCUT2D eigenvalue weighted by Crippen LogP contribution is 2.22. The van der Waals surface area contributed by atoms with Gasteiger partial charge in [0.2, 0.25) is 5.91 Å². The predicted octanol–water partition coefficient (Wildman–Crippen LogP) is 2.66. The Morgan fingerprint density at radius 2 is 1.83 bits per heavy atom. The Bertz CT molecular complexity index is 760. The van der Waals surface area contributed by atoms with Crippen LogP contribution in [0.4, 0.5) is 11.4 Å². The first kappa shape index (κ1) is 17.1. The molecule has 0 fully saturated rings. The first-order valence-electron chi connectivity index (χ1n) is 7.35. The van der Waals surface area contributed by atoms with Gasteiger partial charge in [-0.2, -0.15) is 0 Å². The maximum atomic E-state index is 11.9. The monoisotopic (exact) mass is 327 g/mol. The summed E-state index contributed by atoms with van der Waals surface area (Å²) in [5.74, 6) is -0.587. The molecule has 24 heavy (non-hydrogen) atoms. The SMILES string of the molecule is Cc1ccc(NC(=O)CCNC(=O)c2ccccc2)cc1[N+](=O)[O-]. The summed E-state index contributed by atoms with van der Waals surface area (Å²) >= 11 is 0. The third kappa shape index (κ3) is 4.64. The zero-order chi connectivity index (χ0) is 17.5. The van der Waals surface area contributed by atoms with E-state index in [2.05, 4.69) is 10.6 Å². The molecular formula is C17H17N3O4. The van der Waals surface area contributed by atoms with Crippen molar-refractivity contribution in [1.82, 2.24) is 5.32 Å². The standard InChI is InChI=1S/C17H17N3O4/c1-12-7-8-14(11-15(12)20(23)24)19-16(21)9-10-18-17(22)13-5-3-2-4-6-13/h2-8,11H,9-10H2,1H3,(H,18,22)(H,19,21). The Labute approximate surface area is 138 Å². The van der Waals surface area contributed by atoms with Gasteiger partial charge in [-0.25, -0.2) is 0 Å². The molecule has 2 rings (SSSR count). The molecule has 7 nitrogen and oxygen atoms in total. The highest BCUT2D eigenvalue weighted by atomic mass is 16.6. The Balaban J connectivity index is 1.85. The number of aryl methyl sites for hydroxylation is 1.